The van der Waals surface area contributed by atoms with Gasteiger partial charge in [0.1, 0.15) is 5.82 Å². The van der Waals surface area contributed by atoms with E-state index in [9.17, 15) is 9.18 Å². The van der Waals surface area contributed by atoms with Crippen LogP contribution in [0, 0.1) is 11.7 Å². The third-order valence-corrected chi connectivity index (χ3v) is 3.99. The average molecular weight is 343 g/mol. The molecule has 2 unspecified atom stereocenters. The Morgan fingerprint density at radius 1 is 1.45 bits per heavy atom. The van der Waals surface area contributed by atoms with Crippen molar-refractivity contribution in [1.82, 2.24) is 20.2 Å². The Morgan fingerprint density at radius 2 is 2.15 bits per heavy atom. The lowest BCUT2D eigenvalue weighted by Gasteiger charge is -2.17. The van der Waals surface area contributed by atoms with Crippen LogP contribution in [0.1, 0.15) is 19.9 Å². The molecule has 0 aliphatic heterocycles. The molecule has 1 aromatic heterocycles. The summed E-state index contributed by atoms with van der Waals surface area (Å²) in [5.74, 6) is -1.74. The number of aliphatic carboxylic acids is 1. The Labute approximate surface area is 122 Å². The molecule has 8 heteroatoms. The lowest BCUT2D eigenvalue weighted by Crippen LogP contribution is -2.23. The molecular formula is C12H12BrFN4O2. The van der Waals surface area contributed by atoms with E-state index in [0.29, 0.717) is 11.4 Å². The maximum absolute atomic E-state index is 13.6. The maximum Gasteiger partial charge on any atom is 0.308 e. The van der Waals surface area contributed by atoms with Gasteiger partial charge >= 0.3 is 5.97 Å². The van der Waals surface area contributed by atoms with Gasteiger partial charge in [-0.1, -0.05) is 6.07 Å². The number of benzene rings is 1. The van der Waals surface area contributed by atoms with E-state index in [2.05, 4.69) is 31.5 Å². The summed E-state index contributed by atoms with van der Waals surface area (Å²) in [7, 11) is 0. The summed E-state index contributed by atoms with van der Waals surface area (Å²) in [5, 5.41) is 20.3. The minimum absolute atomic E-state index is 0.242. The first kappa shape index (κ1) is 14.6. The average Bonchev–Trinajstić information content (AvgIpc) is 2.89. The molecule has 0 fully saturated rings. The molecule has 2 rings (SSSR count). The Bertz CT molecular complexity index is 646. The molecule has 0 radical (unpaired) electrons. The molecule has 1 heterocycles. The highest BCUT2D eigenvalue weighted by Crippen LogP contribution is 2.30. The SMILES string of the molecule is CC(C(=O)O)C(C)n1nnnc1-c1cccc(F)c1Br. The summed E-state index contributed by atoms with van der Waals surface area (Å²) in [6.45, 7) is 3.27. The fourth-order valence-corrected chi connectivity index (χ4v) is 2.18. The van der Waals surface area contributed by atoms with Gasteiger partial charge in [-0.15, -0.1) is 5.10 Å². The molecule has 0 saturated carbocycles. The van der Waals surface area contributed by atoms with Crippen LogP contribution in [0.3, 0.4) is 0 Å². The van der Waals surface area contributed by atoms with Crippen LogP contribution in [0.2, 0.25) is 0 Å². The van der Waals surface area contributed by atoms with Crippen LogP contribution in [0.5, 0.6) is 0 Å². The van der Waals surface area contributed by atoms with Gasteiger partial charge < -0.3 is 5.11 Å². The number of carbonyl (C=O) groups is 1. The molecule has 2 aromatic rings. The molecule has 6 nitrogen and oxygen atoms in total. The zero-order valence-electron chi connectivity index (χ0n) is 10.8. The first-order valence-electron chi connectivity index (χ1n) is 5.88. The summed E-state index contributed by atoms with van der Waals surface area (Å²) in [6.07, 6.45) is 0. The van der Waals surface area contributed by atoms with Crippen molar-refractivity contribution in [3.05, 3.63) is 28.5 Å². The van der Waals surface area contributed by atoms with Gasteiger partial charge in [-0.25, -0.2) is 9.07 Å². The van der Waals surface area contributed by atoms with Crippen LogP contribution in [-0.4, -0.2) is 31.3 Å². The van der Waals surface area contributed by atoms with Crippen LogP contribution < -0.4 is 0 Å². The second-order valence-electron chi connectivity index (χ2n) is 4.42. The summed E-state index contributed by atoms with van der Waals surface area (Å²) in [4.78, 5) is 11.1. The van der Waals surface area contributed by atoms with E-state index >= 15 is 0 Å². The Balaban J connectivity index is 2.48. The summed E-state index contributed by atoms with van der Waals surface area (Å²) in [6, 6.07) is 4.05. The van der Waals surface area contributed by atoms with Gasteiger partial charge in [0.25, 0.3) is 0 Å². The van der Waals surface area contributed by atoms with Crippen molar-refractivity contribution in [3.63, 3.8) is 0 Å². The number of hydrogen-bond acceptors (Lipinski definition) is 4. The molecule has 0 spiro atoms. The van der Waals surface area contributed by atoms with Gasteiger partial charge in [-0.2, -0.15) is 0 Å². The van der Waals surface area contributed by atoms with E-state index in [1.54, 1.807) is 26.0 Å². The Morgan fingerprint density at radius 3 is 2.80 bits per heavy atom. The van der Waals surface area contributed by atoms with Crippen LogP contribution in [0.15, 0.2) is 22.7 Å². The number of carboxylic acid groups (broad SMARTS) is 1. The van der Waals surface area contributed by atoms with Crippen molar-refractivity contribution in [2.24, 2.45) is 5.92 Å². The Kier molecular flexibility index (Phi) is 4.12. The van der Waals surface area contributed by atoms with E-state index < -0.39 is 23.7 Å². The van der Waals surface area contributed by atoms with Gasteiger partial charge in [0.15, 0.2) is 5.82 Å². The largest absolute Gasteiger partial charge is 0.481 e. The molecule has 0 amide bonds. The highest BCUT2D eigenvalue weighted by molar-refractivity contribution is 9.10. The third kappa shape index (κ3) is 2.55. The first-order valence-corrected chi connectivity index (χ1v) is 6.67. The zero-order chi connectivity index (χ0) is 14.9. The van der Waals surface area contributed by atoms with Crippen LogP contribution >= 0.6 is 15.9 Å². The second kappa shape index (κ2) is 5.66. The van der Waals surface area contributed by atoms with Crippen molar-refractivity contribution < 1.29 is 14.3 Å². The second-order valence-corrected chi connectivity index (χ2v) is 5.21. The number of carboxylic acids is 1. The lowest BCUT2D eigenvalue weighted by molar-refractivity contribution is -0.142. The fourth-order valence-electron chi connectivity index (χ4n) is 1.74. The monoisotopic (exact) mass is 342 g/mol. The van der Waals surface area contributed by atoms with Crippen molar-refractivity contribution in [3.8, 4) is 11.4 Å². The molecule has 0 aliphatic rings. The molecular weight excluding hydrogens is 331 g/mol. The minimum atomic E-state index is -0.947. The van der Waals surface area contributed by atoms with Gasteiger partial charge in [0, 0.05) is 5.56 Å². The number of aromatic nitrogens is 4. The van der Waals surface area contributed by atoms with E-state index in [4.69, 9.17) is 5.11 Å². The highest BCUT2D eigenvalue weighted by atomic mass is 79.9. The standard InChI is InChI=1S/C12H12BrFN4O2/c1-6(12(19)20)7(2)18-11(15-16-17-18)8-4-3-5-9(14)10(8)13/h3-7H,1-2H3,(H,19,20). The predicted molar refractivity (Wildman–Crippen MR) is 72.4 cm³/mol. The molecule has 2 atom stereocenters. The van der Waals surface area contributed by atoms with Crippen LogP contribution in [0.4, 0.5) is 4.39 Å². The predicted octanol–water partition coefficient (Wildman–Crippen LogP) is 2.52. The summed E-state index contributed by atoms with van der Waals surface area (Å²) >= 11 is 3.15. The van der Waals surface area contributed by atoms with Crippen LogP contribution in [0.25, 0.3) is 11.4 Å². The smallest absolute Gasteiger partial charge is 0.308 e. The van der Waals surface area contributed by atoms with Gasteiger partial charge in [0.2, 0.25) is 0 Å². The summed E-state index contributed by atoms with van der Waals surface area (Å²) < 4.78 is 15.2. The van der Waals surface area contributed by atoms with Gasteiger partial charge in [-0.3, -0.25) is 4.79 Å². The van der Waals surface area contributed by atoms with Crippen molar-refractivity contribution >= 4 is 21.9 Å². The van der Waals surface area contributed by atoms with Gasteiger partial charge in [0.05, 0.1) is 16.4 Å². The normalized spacial score (nSPS) is 14.0. The number of hydrogen-bond donors (Lipinski definition) is 1. The van der Waals surface area contributed by atoms with Crippen molar-refractivity contribution in [2.75, 3.05) is 0 Å². The summed E-state index contributed by atoms with van der Waals surface area (Å²) in [5.41, 5.74) is 0.472. The number of tetrazole rings is 1. The number of rotatable bonds is 4. The fraction of sp³-hybridized carbons (Fsp3) is 0.333. The molecule has 1 N–H and O–H groups in total. The van der Waals surface area contributed by atoms with E-state index in [-0.39, 0.29) is 4.47 Å². The quantitative estimate of drug-likeness (QED) is 0.923. The maximum atomic E-state index is 13.6. The topological polar surface area (TPSA) is 80.9 Å². The lowest BCUT2D eigenvalue weighted by atomic mass is 10.0. The van der Waals surface area contributed by atoms with Crippen molar-refractivity contribution in [2.45, 2.75) is 19.9 Å². The first-order chi connectivity index (χ1) is 9.43. The van der Waals surface area contributed by atoms with Gasteiger partial charge in [-0.05, 0) is 52.3 Å². The molecule has 0 saturated heterocycles. The minimum Gasteiger partial charge on any atom is -0.481 e. The van der Waals surface area contributed by atoms with E-state index in [1.165, 1.54) is 10.7 Å². The molecule has 20 heavy (non-hydrogen) atoms. The molecule has 0 bridgehead atoms. The number of nitrogens with zero attached hydrogens (tertiary/aromatic N) is 4. The Hall–Kier alpha value is -1.83. The van der Waals surface area contributed by atoms with Crippen molar-refractivity contribution in [1.29, 1.82) is 0 Å². The molecule has 0 aliphatic carbocycles. The molecule has 106 valence electrons. The number of halogens is 2. The van der Waals surface area contributed by atoms with E-state index in [1.807, 2.05) is 0 Å². The van der Waals surface area contributed by atoms with E-state index in [0.717, 1.165) is 0 Å². The third-order valence-electron chi connectivity index (χ3n) is 3.18. The zero-order valence-corrected chi connectivity index (χ0v) is 12.4. The highest BCUT2D eigenvalue weighted by Gasteiger charge is 2.26. The van der Waals surface area contributed by atoms with Crippen LogP contribution in [-0.2, 0) is 4.79 Å². The molecule has 1 aromatic carbocycles.